The number of nitrogens with one attached hydrogen (secondary N) is 1. The standard InChI is InChI=1S/C13H15NO4S/c1-19-11-5-3-2-4-8(11)14-12(15)9-6-7-10(18-9)13(16)17/h2-5,9-10H,6-7H2,1H3,(H,14,15)(H,16,17)/t9-,10+/m0/s1. The molecule has 0 bridgehead atoms. The van der Waals surface area contributed by atoms with Gasteiger partial charge in [-0.2, -0.15) is 0 Å². The molecule has 1 aromatic carbocycles. The molecule has 1 saturated heterocycles. The van der Waals surface area contributed by atoms with Gasteiger partial charge in [0.15, 0.2) is 6.10 Å². The lowest BCUT2D eigenvalue weighted by molar-refractivity contribution is -0.150. The second-order valence-corrected chi connectivity index (χ2v) is 5.07. The number of para-hydroxylation sites is 1. The van der Waals surface area contributed by atoms with Crippen molar-refractivity contribution in [1.82, 2.24) is 0 Å². The summed E-state index contributed by atoms with van der Waals surface area (Å²) >= 11 is 1.54. The lowest BCUT2D eigenvalue weighted by atomic mass is 10.2. The van der Waals surface area contributed by atoms with Gasteiger partial charge in [0.05, 0.1) is 5.69 Å². The largest absolute Gasteiger partial charge is 0.479 e. The van der Waals surface area contributed by atoms with Crippen LogP contribution in [0, 0.1) is 0 Å². The first-order chi connectivity index (χ1) is 9.11. The first kappa shape index (κ1) is 13.9. The minimum absolute atomic E-state index is 0.287. The lowest BCUT2D eigenvalue weighted by Crippen LogP contribution is -2.30. The minimum atomic E-state index is -1.01. The fourth-order valence-corrected chi connectivity index (χ4v) is 2.53. The van der Waals surface area contributed by atoms with Crippen LogP contribution < -0.4 is 5.32 Å². The number of hydrogen-bond donors (Lipinski definition) is 2. The van der Waals surface area contributed by atoms with Gasteiger partial charge in [0, 0.05) is 4.90 Å². The van der Waals surface area contributed by atoms with Crippen molar-refractivity contribution >= 4 is 29.3 Å². The molecule has 1 fully saturated rings. The van der Waals surface area contributed by atoms with E-state index in [9.17, 15) is 9.59 Å². The number of hydrogen-bond acceptors (Lipinski definition) is 4. The average molecular weight is 281 g/mol. The fourth-order valence-electron chi connectivity index (χ4n) is 1.97. The lowest BCUT2D eigenvalue weighted by Gasteiger charge is -2.13. The maximum atomic E-state index is 12.0. The normalized spacial score (nSPS) is 22.2. The summed E-state index contributed by atoms with van der Waals surface area (Å²) in [4.78, 5) is 23.7. The summed E-state index contributed by atoms with van der Waals surface area (Å²) in [7, 11) is 0. The van der Waals surface area contributed by atoms with Crippen molar-refractivity contribution in [3.05, 3.63) is 24.3 Å². The van der Waals surface area contributed by atoms with Gasteiger partial charge in [-0.05, 0) is 31.2 Å². The van der Waals surface area contributed by atoms with Gasteiger partial charge in [0.1, 0.15) is 6.10 Å². The number of anilines is 1. The Balaban J connectivity index is 2.00. The van der Waals surface area contributed by atoms with Gasteiger partial charge in [-0.15, -0.1) is 11.8 Å². The van der Waals surface area contributed by atoms with E-state index in [-0.39, 0.29) is 5.91 Å². The number of ether oxygens (including phenoxy) is 1. The predicted molar refractivity (Wildman–Crippen MR) is 72.4 cm³/mol. The summed E-state index contributed by atoms with van der Waals surface area (Å²) in [5, 5.41) is 11.6. The van der Waals surface area contributed by atoms with Gasteiger partial charge in [0.25, 0.3) is 5.91 Å². The third-order valence-corrected chi connectivity index (χ3v) is 3.75. The Labute approximate surface area is 115 Å². The van der Waals surface area contributed by atoms with Gasteiger partial charge < -0.3 is 15.2 Å². The third-order valence-electron chi connectivity index (χ3n) is 2.95. The maximum absolute atomic E-state index is 12.0. The van der Waals surface area contributed by atoms with Gasteiger partial charge in [-0.1, -0.05) is 12.1 Å². The van der Waals surface area contributed by atoms with E-state index in [0.717, 1.165) is 10.6 Å². The molecule has 6 heteroatoms. The van der Waals surface area contributed by atoms with Gasteiger partial charge in [-0.25, -0.2) is 4.79 Å². The van der Waals surface area contributed by atoms with E-state index in [4.69, 9.17) is 9.84 Å². The minimum Gasteiger partial charge on any atom is -0.479 e. The Hall–Kier alpha value is -1.53. The zero-order valence-corrected chi connectivity index (χ0v) is 11.3. The molecule has 19 heavy (non-hydrogen) atoms. The molecule has 1 aliphatic rings. The van der Waals surface area contributed by atoms with E-state index >= 15 is 0 Å². The number of rotatable bonds is 4. The highest BCUT2D eigenvalue weighted by molar-refractivity contribution is 7.98. The summed E-state index contributed by atoms with van der Waals surface area (Å²) in [5.41, 5.74) is 0.724. The van der Waals surface area contributed by atoms with Crippen LogP contribution in [-0.4, -0.2) is 35.4 Å². The molecule has 1 heterocycles. The number of carbonyl (C=O) groups is 2. The van der Waals surface area contributed by atoms with Crippen LogP contribution in [0.5, 0.6) is 0 Å². The second kappa shape index (κ2) is 6.08. The van der Waals surface area contributed by atoms with Crippen LogP contribution in [0.3, 0.4) is 0 Å². The van der Waals surface area contributed by atoms with Crippen molar-refractivity contribution in [2.45, 2.75) is 29.9 Å². The third kappa shape index (κ3) is 3.27. The Bertz CT molecular complexity index is 491. The number of carbonyl (C=O) groups excluding carboxylic acids is 1. The first-order valence-corrected chi connectivity index (χ1v) is 7.16. The summed E-state index contributed by atoms with van der Waals surface area (Å²) < 4.78 is 5.21. The molecule has 2 rings (SSSR count). The molecule has 5 nitrogen and oxygen atoms in total. The van der Waals surface area contributed by atoms with E-state index < -0.39 is 18.2 Å². The van der Waals surface area contributed by atoms with E-state index in [1.807, 2.05) is 30.5 Å². The topological polar surface area (TPSA) is 75.6 Å². The van der Waals surface area contributed by atoms with Crippen LogP contribution in [0.25, 0.3) is 0 Å². The SMILES string of the molecule is CSc1ccccc1NC(=O)[C@@H]1CC[C@H](C(=O)O)O1. The van der Waals surface area contributed by atoms with Gasteiger partial charge in [-0.3, -0.25) is 4.79 Å². The molecule has 1 aromatic rings. The van der Waals surface area contributed by atoms with Crippen LogP contribution in [0.4, 0.5) is 5.69 Å². The molecule has 1 aliphatic heterocycles. The first-order valence-electron chi connectivity index (χ1n) is 5.94. The smallest absolute Gasteiger partial charge is 0.332 e. The molecule has 0 unspecified atom stereocenters. The van der Waals surface area contributed by atoms with E-state index in [2.05, 4.69) is 5.32 Å². The summed E-state index contributed by atoms with van der Waals surface area (Å²) in [5.74, 6) is -1.30. The van der Waals surface area contributed by atoms with Crippen molar-refractivity contribution in [1.29, 1.82) is 0 Å². The van der Waals surface area contributed by atoms with Crippen LogP contribution in [0.2, 0.25) is 0 Å². The average Bonchev–Trinajstić information content (AvgIpc) is 2.89. The van der Waals surface area contributed by atoms with Crippen molar-refractivity contribution in [3.63, 3.8) is 0 Å². The van der Waals surface area contributed by atoms with Gasteiger partial charge in [0.2, 0.25) is 0 Å². The monoisotopic (exact) mass is 281 g/mol. The highest BCUT2D eigenvalue weighted by Gasteiger charge is 2.34. The molecule has 2 N–H and O–H groups in total. The highest BCUT2D eigenvalue weighted by atomic mass is 32.2. The summed E-state index contributed by atoms with van der Waals surface area (Å²) in [6.07, 6.45) is 1.18. The Morgan fingerprint density at radius 3 is 2.63 bits per heavy atom. The van der Waals surface area contributed by atoms with Crippen molar-refractivity contribution in [2.75, 3.05) is 11.6 Å². The highest BCUT2D eigenvalue weighted by Crippen LogP contribution is 2.26. The summed E-state index contributed by atoms with van der Waals surface area (Å²) in [6.45, 7) is 0. The number of amides is 1. The van der Waals surface area contributed by atoms with Crippen LogP contribution >= 0.6 is 11.8 Å². The van der Waals surface area contributed by atoms with E-state index in [1.54, 1.807) is 0 Å². The number of aliphatic carboxylic acids is 1. The predicted octanol–water partition coefficient (Wildman–Crippen LogP) is 1.98. The zero-order valence-electron chi connectivity index (χ0n) is 10.5. The molecule has 0 radical (unpaired) electrons. The number of benzene rings is 1. The van der Waals surface area contributed by atoms with Crippen molar-refractivity contribution in [2.24, 2.45) is 0 Å². The van der Waals surface area contributed by atoms with Crippen LogP contribution in [0.1, 0.15) is 12.8 Å². The molecule has 0 aromatic heterocycles. The number of thioether (sulfide) groups is 1. The molecule has 0 aliphatic carbocycles. The molecular formula is C13H15NO4S. The molecule has 0 spiro atoms. The number of carboxylic acid groups (broad SMARTS) is 1. The van der Waals surface area contributed by atoms with Crippen molar-refractivity contribution < 1.29 is 19.4 Å². The number of carboxylic acids is 1. The van der Waals surface area contributed by atoms with E-state index in [0.29, 0.717) is 12.8 Å². The van der Waals surface area contributed by atoms with E-state index in [1.165, 1.54) is 11.8 Å². The Kier molecular flexibility index (Phi) is 4.44. The Morgan fingerprint density at radius 1 is 1.32 bits per heavy atom. The molecule has 0 saturated carbocycles. The second-order valence-electron chi connectivity index (χ2n) is 4.22. The Morgan fingerprint density at radius 2 is 2.00 bits per heavy atom. The molecule has 102 valence electrons. The fraction of sp³-hybridized carbons (Fsp3) is 0.385. The summed E-state index contributed by atoms with van der Waals surface area (Å²) in [6, 6.07) is 7.46. The molecule has 2 atom stereocenters. The molecule has 1 amide bonds. The van der Waals surface area contributed by atoms with Crippen LogP contribution in [0.15, 0.2) is 29.2 Å². The zero-order chi connectivity index (χ0) is 13.8. The molecular weight excluding hydrogens is 266 g/mol. The maximum Gasteiger partial charge on any atom is 0.332 e. The van der Waals surface area contributed by atoms with Crippen LogP contribution in [-0.2, 0) is 14.3 Å². The van der Waals surface area contributed by atoms with Gasteiger partial charge >= 0.3 is 5.97 Å². The quantitative estimate of drug-likeness (QED) is 0.825. The van der Waals surface area contributed by atoms with Crippen molar-refractivity contribution in [3.8, 4) is 0 Å².